The summed E-state index contributed by atoms with van der Waals surface area (Å²) in [5, 5.41) is 19.0. The van der Waals surface area contributed by atoms with Crippen LogP contribution in [-0.4, -0.2) is 12.1 Å². The van der Waals surface area contributed by atoms with Gasteiger partial charge in [0.2, 0.25) is 0 Å². The zero-order valence-corrected chi connectivity index (χ0v) is 9.25. The van der Waals surface area contributed by atoms with Crippen LogP contribution in [0.5, 0.6) is 0 Å². The largest absolute Gasteiger partial charge is 2.00 e. The average molecular weight is 235 g/mol. The predicted molar refractivity (Wildman–Crippen MR) is 35.0 cm³/mol. The number of carboxylic acids is 1. The van der Waals surface area contributed by atoms with Gasteiger partial charge in [-0.25, -0.2) is 0 Å². The Labute approximate surface area is 86.2 Å². The van der Waals surface area contributed by atoms with Gasteiger partial charge in [-0.15, -0.1) is 6.10 Å². The summed E-state index contributed by atoms with van der Waals surface area (Å²) in [7, 11) is 0. The van der Waals surface area contributed by atoms with Crippen LogP contribution >= 0.6 is 0 Å². The van der Waals surface area contributed by atoms with Crippen molar-refractivity contribution in [1.82, 2.24) is 0 Å². The summed E-state index contributed by atoms with van der Waals surface area (Å²) in [6.07, 6.45) is 1.11. The van der Waals surface area contributed by atoms with E-state index >= 15 is 0 Å². The fourth-order valence-corrected chi connectivity index (χ4v) is 0. The van der Waals surface area contributed by atoms with Gasteiger partial charge in [0.15, 0.2) is 0 Å². The molecule has 0 saturated heterocycles. The predicted octanol–water partition coefficient (Wildman–Crippen LogP) is -0.935. The van der Waals surface area contributed by atoms with Gasteiger partial charge in [0.1, 0.15) is 0 Å². The topological polar surface area (TPSA) is 63.2 Å². The molecule has 0 spiro atoms. The van der Waals surface area contributed by atoms with Crippen molar-refractivity contribution in [2.75, 3.05) is 0 Å². The molecule has 1 atom stereocenters. The first kappa shape index (κ1) is 17.2. The van der Waals surface area contributed by atoms with E-state index in [4.69, 9.17) is 9.90 Å². The van der Waals surface area contributed by atoms with Crippen molar-refractivity contribution >= 4 is 5.97 Å². The Kier molecular flexibility index (Phi) is 19.9. The molecular formula is C7H12O3Zr. The number of carbonyl (C=O) groups excluding carboxylic acids is 1. The second kappa shape index (κ2) is 12.7. The summed E-state index contributed by atoms with van der Waals surface area (Å²) >= 11 is 0. The van der Waals surface area contributed by atoms with Crippen LogP contribution in [0.15, 0.2) is 12.7 Å². The van der Waals surface area contributed by atoms with Gasteiger partial charge < -0.3 is 15.0 Å². The van der Waals surface area contributed by atoms with E-state index < -0.39 is 5.97 Å². The fourth-order valence-electron chi connectivity index (χ4n) is 0. The molecule has 0 N–H and O–H groups in total. The van der Waals surface area contributed by atoms with Crippen molar-refractivity contribution in [3.05, 3.63) is 12.7 Å². The summed E-state index contributed by atoms with van der Waals surface area (Å²) in [5.41, 5.74) is 0. The average Bonchev–Trinajstić information content (AvgIpc) is 1.89. The molecule has 0 rings (SSSR count). The Hall–Kier alpha value is 0.0531. The molecule has 11 heavy (non-hydrogen) atoms. The minimum Gasteiger partial charge on any atom is -0.852 e. The first-order chi connectivity index (χ1) is 4.54. The quantitative estimate of drug-likeness (QED) is 0.581. The molecule has 0 amide bonds. The molecule has 0 aromatic carbocycles. The fraction of sp³-hybridized carbons (Fsp3) is 0.571. The first-order valence-electron chi connectivity index (χ1n) is 3.03. The second-order valence-electron chi connectivity index (χ2n) is 1.74. The Bertz CT molecular complexity index is 102. The maximum atomic E-state index is 9.90. The van der Waals surface area contributed by atoms with Crippen molar-refractivity contribution in [1.29, 1.82) is 0 Å². The normalized spacial score (nSPS) is 9.73. The molecule has 0 aliphatic carbocycles. The van der Waals surface area contributed by atoms with Crippen LogP contribution in [0.4, 0.5) is 0 Å². The zero-order valence-electron chi connectivity index (χ0n) is 6.79. The van der Waals surface area contributed by atoms with Crippen LogP contribution in [0.2, 0.25) is 0 Å². The van der Waals surface area contributed by atoms with Crippen LogP contribution in [0.1, 0.15) is 20.3 Å². The molecule has 0 aliphatic rings. The Balaban J connectivity index is -0.000000107. The third-order valence-corrected chi connectivity index (χ3v) is 0.742. The monoisotopic (exact) mass is 234 g/mol. The Morgan fingerprint density at radius 1 is 1.73 bits per heavy atom. The van der Waals surface area contributed by atoms with Gasteiger partial charge in [-0.05, 0) is 6.08 Å². The number of hydrogen-bond donors (Lipinski definition) is 0. The summed E-state index contributed by atoms with van der Waals surface area (Å²) < 4.78 is 0. The molecule has 0 bridgehead atoms. The molecule has 3 nitrogen and oxygen atoms in total. The van der Waals surface area contributed by atoms with E-state index in [1.54, 1.807) is 6.92 Å². The number of carboxylic acid groups (broad SMARTS) is 1. The van der Waals surface area contributed by atoms with E-state index in [1.165, 1.54) is 0 Å². The van der Waals surface area contributed by atoms with Gasteiger partial charge in [-0.1, -0.05) is 26.8 Å². The molecule has 0 radical (unpaired) electrons. The third-order valence-electron chi connectivity index (χ3n) is 0.742. The van der Waals surface area contributed by atoms with E-state index in [0.29, 0.717) is 0 Å². The van der Waals surface area contributed by atoms with Crippen LogP contribution in [0.25, 0.3) is 0 Å². The minimum atomic E-state index is -1.23. The molecule has 0 aromatic rings. The van der Waals surface area contributed by atoms with Crippen molar-refractivity contribution in [2.24, 2.45) is 0 Å². The molecular weight excluding hydrogens is 223 g/mol. The first-order valence-corrected chi connectivity index (χ1v) is 3.03. The van der Waals surface area contributed by atoms with Gasteiger partial charge in [0, 0.05) is 0 Å². The number of rotatable bonds is 2. The van der Waals surface area contributed by atoms with Gasteiger partial charge in [-0.2, -0.15) is 0 Å². The number of carbonyl (C=O) groups is 1. The Morgan fingerprint density at radius 3 is 1.91 bits per heavy atom. The van der Waals surface area contributed by atoms with Crippen molar-refractivity contribution in [3.8, 4) is 0 Å². The van der Waals surface area contributed by atoms with Crippen molar-refractivity contribution in [3.63, 3.8) is 0 Å². The summed E-state index contributed by atoms with van der Waals surface area (Å²) in [6.45, 7) is 6.45. The summed E-state index contributed by atoms with van der Waals surface area (Å²) in [5.74, 6) is -1.23. The summed E-state index contributed by atoms with van der Waals surface area (Å²) in [4.78, 5) is 9.14. The molecule has 0 aliphatic heterocycles. The molecule has 0 aromatic heterocycles. The minimum absolute atomic E-state index is 0. The van der Waals surface area contributed by atoms with E-state index in [2.05, 4.69) is 6.58 Å². The zero-order chi connectivity index (χ0) is 8.57. The maximum Gasteiger partial charge on any atom is 2.00 e. The molecule has 0 saturated carbocycles. The number of hydrogen-bond acceptors (Lipinski definition) is 3. The van der Waals surface area contributed by atoms with Gasteiger partial charge in [0.05, 0.1) is 5.97 Å². The molecule has 62 valence electrons. The van der Waals surface area contributed by atoms with E-state index in [0.717, 1.165) is 12.5 Å². The van der Waals surface area contributed by atoms with Crippen LogP contribution in [-0.2, 0) is 31.0 Å². The van der Waals surface area contributed by atoms with Gasteiger partial charge in [-0.3, -0.25) is 0 Å². The smallest absolute Gasteiger partial charge is 0.852 e. The SMILES string of the molecule is C=CC(=O)[O-].CCC(C)[O-].[Zr+2]. The van der Waals surface area contributed by atoms with Gasteiger partial charge in [0.25, 0.3) is 0 Å². The molecule has 0 fully saturated rings. The number of aliphatic carboxylic acids is 1. The third kappa shape index (κ3) is 39.7. The van der Waals surface area contributed by atoms with E-state index in [1.807, 2.05) is 6.92 Å². The molecule has 1 unspecified atom stereocenters. The van der Waals surface area contributed by atoms with E-state index in [-0.39, 0.29) is 32.3 Å². The van der Waals surface area contributed by atoms with Crippen molar-refractivity contribution in [2.45, 2.75) is 26.4 Å². The van der Waals surface area contributed by atoms with Crippen LogP contribution in [0, 0.1) is 0 Å². The summed E-state index contributed by atoms with van der Waals surface area (Å²) in [6, 6.07) is 0. The maximum absolute atomic E-state index is 9.90. The molecule has 0 heterocycles. The van der Waals surface area contributed by atoms with Gasteiger partial charge >= 0.3 is 26.2 Å². The standard InChI is InChI=1S/C4H9O.C3H4O2.Zr/c1-3-4(2)5;1-2-3(4)5;/h4H,3H2,1-2H3;2H,1H2,(H,4,5);/q-1;;+2/p-1. The Morgan fingerprint density at radius 2 is 1.91 bits per heavy atom. The second-order valence-corrected chi connectivity index (χ2v) is 1.74. The molecule has 4 heteroatoms. The van der Waals surface area contributed by atoms with E-state index in [9.17, 15) is 5.11 Å². The van der Waals surface area contributed by atoms with Crippen molar-refractivity contribution < 1.29 is 41.2 Å². The van der Waals surface area contributed by atoms with Crippen LogP contribution < -0.4 is 10.2 Å². The van der Waals surface area contributed by atoms with Crippen LogP contribution in [0.3, 0.4) is 0 Å².